The number of nitrogens with one attached hydrogen (secondary N) is 1. The molecule has 1 unspecified atom stereocenters. The van der Waals surface area contributed by atoms with Crippen LogP contribution in [0.2, 0.25) is 0 Å². The molecule has 0 heterocycles. The van der Waals surface area contributed by atoms with Gasteiger partial charge in [-0.3, -0.25) is 4.79 Å². The smallest absolute Gasteiger partial charge is 0.237 e. The van der Waals surface area contributed by atoms with Gasteiger partial charge in [0.25, 0.3) is 0 Å². The highest BCUT2D eigenvalue weighted by Crippen LogP contribution is 2.10. The van der Waals surface area contributed by atoms with Gasteiger partial charge in [0.1, 0.15) is 0 Å². The highest BCUT2D eigenvalue weighted by atomic mass is 16.2. The summed E-state index contributed by atoms with van der Waals surface area (Å²) >= 11 is 0. The summed E-state index contributed by atoms with van der Waals surface area (Å²) in [5, 5.41) is 2.80. The molecule has 0 saturated carbocycles. The molecule has 0 saturated heterocycles. The minimum absolute atomic E-state index is 0.101. The average molecular weight is 184 g/mol. The van der Waals surface area contributed by atoms with Crippen LogP contribution in [0.1, 0.15) is 27.2 Å². The molecule has 0 spiro atoms. The predicted molar refractivity (Wildman–Crippen MR) is 55.3 cm³/mol. The summed E-state index contributed by atoms with van der Waals surface area (Å²) in [4.78, 5) is 11.3. The highest BCUT2D eigenvalue weighted by Gasteiger charge is 2.15. The SMILES string of the molecule is C=CCC(N)C(=O)NCC(C)(C)C. The summed E-state index contributed by atoms with van der Waals surface area (Å²) in [6.45, 7) is 10.4. The van der Waals surface area contributed by atoms with Crippen LogP contribution < -0.4 is 11.1 Å². The van der Waals surface area contributed by atoms with Crippen molar-refractivity contribution in [1.29, 1.82) is 0 Å². The first-order chi connectivity index (χ1) is 5.87. The van der Waals surface area contributed by atoms with Gasteiger partial charge in [0.15, 0.2) is 0 Å². The zero-order valence-corrected chi connectivity index (χ0v) is 8.76. The van der Waals surface area contributed by atoms with Gasteiger partial charge in [0.05, 0.1) is 6.04 Å². The molecule has 0 fully saturated rings. The first-order valence-electron chi connectivity index (χ1n) is 4.51. The van der Waals surface area contributed by atoms with E-state index >= 15 is 0 Å². The molecule has 3 N–H and O–H groups in total. The molecule has 0 rings (SSSR count). The summed E-state index contributed by atoms with van der Waals surface area (Å²) in [5.41, 5.74) is 5.67. The number of nitrogens with two attached hydrogens (primary N) is 1. The fraction of sp³-hybridized carbons (Fsp3) is 0.700. The Bertz CT molecular complexity index is 182. The molecule has 76 valence electrons. The van der Waals surface area contributed by atoms with Crippen LogP contribution in [0.25, 0.3) is 0 Å². The lowest BCUT2D eigenvalue weighted by Crippen LogP contribution is -2.43. The van der Waals surface area contributed by atoms with E-state index in [4.69, 9.17) is 5.73 Å². The lowest BCUT2D eigenvalue weighted by atomic mass is 9.97. The second kappa shape index (κ2) is 5.02. The minimum atomic E-state index is -0.458. The molecule has 0 aliphatic carbocycles. The van der Waals surface area contributed by atoms with Crippen LogP contribution in [0.4, 0.5) is 0 Å². The average Bonchev–Trinajstić information content (AvgIpc) is 1.99. The van der Waals surface area contributed by atoms with Crippen molar-refractivity contribution in [2.75, 3.05) is 6.54 Å². The summed E-state index contributed by atoms with van der Waals surface area (Å²) in [7, 11) is 0. The second-order valence-electron chi connectivity index (χ2n) is 4.41. The Morgan fingerprint density at radius 2 is 2.15 bits per heavy atom. The van der Waals surface area contributed by atoms with Crippen molar-refractivity contribution in [3.63, 3.8) is 0 Å². The van der Waals surface area contributed by atoms with Crippen LogP contribution in [-0.2, 0) is 4.79 Å². The maximum Gasteiger partial charge on any atom is 0.237 e. The number of hydrogen-bond acceptors (Lipinski definition) is 2. The van der Waals surface area contributed by atoms with Crippen LogP contribution in [-0.4, -0.2) is 18.5 Å². The molecular weight excluding hydrogens is 164 g/mol. The Morgan fingerprint density at radius 1 is 1.62 bits per heavy atom. The fourth-order valence-corrected chi connectivity index (χ4v) is 0.770. The van der Waals surface area contributed by atoms with E-state index in [0.717, 1.165) is 0 Å². The van der Waals surface area contributed by atoms with Gasteiger partial charge in [-0.05, 0) is 11.8 Å². The Balaban J connectivity index is 3.81. The van der Waals surface area contributed by atoms with E-state index in [9.17, 15) is 4.79 Å². The van der Waals surface area contributed by atoms with Gasteiger partial charge in [-0.25, -0.2) is 0 Å². The zero-order valence-electron chi connectivity index (χ0n) is 8.76. The van der Waals surface area contributed by atoms with Crippen molar-refractivity contribution in [2.45, 2.75) is 33.2 Å². The summed E-state index contributed by atoms with van der Waals surface area (Å²) in [5.74, 6) is -0.102. The van der Waals surface area contributed by atoms with E-state index in [0.29, 0.717) is 13.0 Å². The second-order valence-corrected chi connectivity index (χ2v) is 4.41. The van der Waals surface area contributed by atoms with Crippen molar-refractivity contribution in [2.24, 2.45) is 11.1 Å². The van der Waals surface area contributed by atoms with Gasteiger partial charge in [0, 0.05) is 6.54 Å². The molecule has 1 atom stereocenters. The summed E-state index contributed by atoms with van der Waals surface area (Å²) in [6, 6.07) is -0.458. The molecule has 3 nitrogen and oxygen atoms in total. The number of carbonyl (C=O) groups excluding carboxylic acids is 1. The molecule has 13 heavy (non-hydrogen) atoms. The third kappa shape index (κ3) is 6.34. The number of hydrogen-bond donors (Lipinski definition) is 2. The van der Waals surface area contributed by atoms with Crippen LogP contribution in [0.3, 0.4) is 0 Å². The van der Waals surface area contributed by atoms with E-state index in [-0.39, 0.29) is 11.3 Å². The van der Waals surface area contributed by atoms with Crippen molar-refractivity contribution in [1.82, 2.24) is 5.32 Å². The van der Waals surface area contributed by atoms with Crippen molar-refractivity contribution < 1.29 is 4.79 Å². The van der Waals surface area contributed by atoms with Gasteiger partial charge in [-0.2, -0.15) is 0 Å². The molecule has 0 bridgehead atoms. The quantitative estimate of drug-likeness (QED) is 0.642. The maximum atomic E-state index is 11.3. The van der Waals surface area contributed by atoms with Gasteiger partial charge < -0.3 is 11.1 Å². The predicted octanol–water partition coefficient (Wildman–Crippen LogP) is 1.05. The highest BCUT2D eigenvalue weighted by molar-refractivity contribution is 5.81. The van der Waals surface area contributed by atoms with Gasteiger partial charge in [-0.1, -0.05) is 26.8 Å². The molecule has 1 amide bonds. The number of rotatable bonds is 4. The van der Waals surface area contributed by atoms with E-state index < -0.39 is 6.04 Å². The summed E-state index contributed by atoms with van der Waals surface area (Å²) < 4.78 is 0. The van der Waals surface area contributed by atoms with Gasteiger partial charge >= 0.3 is 0 Å². The Morgan fingerprint density at radius 3 is 2.54 bits per heavy atom. The lowest BCUT2D eigenvalue weighted by Gasteiger charge is -2.20. The molecule has 3 heteroatoms. The molecular formula is C10H20N2O. The standard InChI is InChI=1S/C10H20N2O/c1-5-6-8(11)9(13)12-7-10(2,3)4/h5,8H,1,6-7,11H2,2-4H3,(H,12,13). The third-order valence-corrected chi connectivity index (χ3v) is 1.55. The topological polar surface area (TPSA) is 55.1 Å². The van der Waals surface area contributed by atoms with Crippen LogP contribution in [0.15, 0.2) is 12.7 Å². The Labute approximate surface area is 80.4 Å². The molecule has 0 aromatic carbocycles. The lowest BCUT2D eigenvalue weighted by molar-refractivity contribution is -0.122. The van der Waals surface area contributed by atoms with E-state index in [1.807, 2.05) is 0 Å². The fourth-order valence-electron chi connectivity index (χ4n) is 0.770. The first-order valence-corrected chi connectivity index (χ1v) is 4.51. The Kier molecular flexibility index (Phi) is 4.70. The van der Waals surface area contributed by atoms with E-state index in [1.165, 1.54) is 0 Å². The largest absolute Gasteiger partial charge is 0.354 e. The number of amides is 1. The Hall–Kier alpha value is -0.830. The van der Waals surface area contributed by atoms with Crippen molar-refractivity contribution >= 4 is 5.91 Å². The normalized spacial score (nSPS) is 13.5. The van der Waals surface area contributed by atoms with Gasteiger partial charge in [0.2, 0.25) is 5.91 Å². The van der Waals surface area contributed by atoms with Crippen LogP contribution in [0.5, 0.6) is 0 Å². The maximum absolute atomic E-state index is 11.3. The third-order valence-electron chi connectivity index (χ3n) is 1.55. The zero-order chi connectivity index (χ0) is 10.5. The van der Waals surface area contributed by atoms with Gasteiger partial charge in [-0.15, -0.1) is 6.58 Å². The van der Waals surface area contributed by atoms with Crippen molar-refractivity contribution in [3.8, 4) is 0 Å². The van der Waals surface area contributed by atoms with E-state index in [1.54, 1.807) is 6.08 Å². The number of carbonyl (C=O) groups is 1. The van der Waals surface area contributed by atoms with Crippen LogP contribution in [0, 0.1) is 5.41 Å². The van der Waals surface area contributed by atoms with Crippen LogP contribution >= 0.6 is 0 Å². The molecule has 0 aromatic rings. The summed E-state index contributed by atoms with van der Waals surface area (Å²) in [6.07, 6.45) is 2.18. The van der Waals surface area contributed by atoms with E-state index in [2.05, 4.69) is 32.7 Å². The van der Waals surface area contributed by atoms with Crippen molar-refractivity contribution in [3.05, 3.63) is 12.7 Å². The molecule has 0 radical (unpaired) electrons. The molecule has 0 aliphatic heterocycles. The first kappa shape index (κ1) is 12.2. The minimum Gasteiger partial charge on any atom is -0.354 e. The monoisotopic (exact) mass is 184 g/mol. The molecule has 0 aliphatic rings. The molecule has 0 aromatic heterocycles.